The summed E-state index contributed by atoms with van der Waals surface area (Å²) in [6.07, 6.45) is 0.800. The highest BCUT2D eigenvalue weighted by Crippen LogP contribution is 2.24. The number of benzene rings is 1. The van der Waals surface area contributed by atoms with Crippen molar-refractivity contribution < 1.29 is 9.90 Å². The molecule has 1 amide bonds. The van der Waals surface area contributed by atoms with E-state index in [1.165, 1.54) is 11.3 Å². The standard InChI is InChI=1S/C14H21N3O2/c1-15-10-11-4-2-3-5-13(11)17-8-6-12(7-9-17)16-14(18)19/h2-5,12,15-16H,6-10H2,1H3,(H,18,19). The average Bonchev–Trinajstić information content (AvgIpc) is 2.40. The summed E-state index contributed by atoms with van der Waals surface area (Å²) in [6, 6.07) is 8.46. The van der Waals surface area contributed by atoms with E-state index < -0.39 is 6.09 Å². The Kier molecular flexibility index (Phi) is 4.63. The van der Waals surface area contributed by atoms with Gasteiger partial charge in [-0.3, -0.25) is 0 Å². The molecular formula is C14H21N3O2. The van der Waals surface area contributed by atoms with Gasteiger partial charge < -0.3 is 20.6 Å². The molecule has 0 spiro atoms. The molecule has 0 aliphatic carbocycles. The monoisotopic (exact) mass is 263 g/mol. The molecule has 0 saturated carbocycles. The highest BCUT2D eigenvalue weighted by molar-refractivity contribution is 5.65. The highest BCUT2D eigenvalue weighted by Gasteiger charge is 2.21. The van der Waals surface area contributed by atoms with E-state index in [4.69, 9.17) is 5.11 Å². The maximum Gasteiger partial charge on any atom is 0.404 e. The molecular weight excluding hydrogens is 242 g/mol. The Hall–Kier alpha value is -1.75. The van der Waals surface area contributed by atoms with Crippen LogP contribution in [-0.2, 0) is 6.54 Å². The van der Waals surface area contributed by atoms with Crippen LogP contribution >= 0.6 is 0 Å². The Morgan fingerprint density at radius 2 is 2.05 bits per heavy atom. The summed E-state index contributed by atoms with van der Waals surface area (Å²) in [5, 5.41) is 14.5. The molecule has 1 aliphatic rings. The summed E-state index contributed by atoms with van der Waals surface area (Å²) in [4.78, 5) is 13.0. The molecule has 19 heavy (non-hydrogen) atoms. The second-order valence-corrected chi connectivity index (χ2v) is 4.87. The van der Waals surface area contributed by atoms with E-state index >= 15 is 0 Å². The summed E-state index contributed by atoms with van der Waals surface area (Å²) >= 11 is 0. The molecule has 1 saturated heterocycles. The minimum absolute atomic E-state index is 0.0882. The molecule has 0 bridgehead atoms. The van der Waals surface area contributed by atoms with E-state index in [1.54, 1.807) is 0 Å². The molecule has 104 valence electrons. The molecule has 3 N–H and O–H groups in total. The van der Waals surface area contributed by atoms with Crippen molar-refractivity contribution in [2.75, 3.05) is 25.0 Å². The van der Waals surface area contributed by atoms with Crippen LogP contribution in [0.15, 0.2) is 24.3 Å². The molecule has 1 fully saturated rings. The fraction of sp³-hybridized carbons (Fsp3) is 0.500. The lowest BCUT2D eigenvalue weighted by Crippen LogP contribution is -2.44. The van der Waals surface area contributed by atoms with Crippen LogP contribution in [0.3, 0.4) is 0 Å². The van der Waals surface area contributed by atoms with Crippen molar-refractivity contribution in [1.29, 1.82) is 0 Å². The zero-order valence-corrected chi connectivity index (χ0v) is 11.2. The molecule has 5 nitrogen and oxygen atoms in total. The van der Waals surface area contributed by atoms with Crippen molar-refractivity contribution in [2.24, 2.45) is 0 Å². The van der Waals surface area contributed by atoms with Gasteiger partial charge in [-0.2, -0.15) is 0 Å². The van der Waals surface area contributed by atoms with E-state index in [0.29, 0.717) is 0 Å². The molecule has 0 aromatic heterocycles. The fourth-order valence-electron chi connectivity index (χ4n) is 2.60. The minimum Gasteiger partial charge on any atom is -0.465 e. The van der Waals surface area contributed by atoms with Gasteiger partial charge in [0.1, 0.15) is 0 Å². The molecule has 1 heterocycles. The fourth-order valence-corrected chi connectivity index (χ4v) is 2.60. The zero-order valence-electron chi connectivity index (χ0n) is 11.2. The quantitative estimate of drug-likeness (QED) is 0.772. The van der Waals surface area contributed by atoms with E-state index in [2.05, 4.69) is 39.8 Å². The third kappa shape index (κ3) is 3.61. The van der Waals surface area contributed by atoms with Gasteiger partial charge >= 0.3 is 6.09 Å². The van der Waals surface area contributed by atoms with Crippen LogP contribution in [-0.4, -0.2) is 37.4 Å². The number of rotatable bonds is 4. The van der Waals surface area contributed by atoms with Crippen molar-refractivity contribution in [2.45, 2.75) is 25.4 Å². The number of piperidine rings is 1. The van der Waals surface area contributed by atoms with Gasteiger partial charge in [-0.15, -0.1) is 0 Å². The van der Waals surface area contributed by atoms with E-state index in [0.717, 1.165) is 32.5 Å². The number of carboxylic acid groups (broad SMARTS) is 1. The zero-order chi connectivity index (χ0) is 13.7. The average molecular weight is 263 g/mol. The van der Waals surface area contributed by atoms with Crippen LogP contribution < -0.4 is 15.5 Å². The first kappa shape index (κ1) is 13.7. The smallest absolute Gasteiger partial charge is 0.404 e. The third-order valence-corrected chi connectivity index (χ3v) is 3.52. The third-order valence-electron chi connectivity index (χ3n) is 3.52. The topological polar surface area (TPSA) is 64.6 Å². The molecule has 0 atom stereocenters. The molecule has 1 aliphatic heterocycles. The van der Waals surface area contributed by atoms with Gasteiger partial charge in [0.15, 0.2) is 0 Å². The number of amides is 1. The van der Waals surface area contributed by atoms with E-state index in [-0.39, 0.29) is 6.04 Å². The normalized spacial score (nSPS) is 16.4. The predicted molar refractivity (Wildman–Crippen MR) is 75.6 cm³/mol. The first-order chi connectivity index (χ1) is 9.20. The molecule has 0 unspecified atom stereocenters. The maximum absolute atomic E-state index is 10.6. The lowest BCUT2D eigenvalue weighted by atomic mass is 10.0. The Morgan fingerprint density at radius 3 is 2.68 bits per heavy atom. The first-order valence-corrected chi connectivity index (χ1v) is 6.67. The number of hydrogen-bond donors (Lipinski definition) is 3. The highest BCUT2D eigenvalue weighted by atomic mass is 16.4. The van der Waals surface area contributed by atoms with E-state index in [9.17, 15) is 4.79 Å². The van der Waals surface area contributed by atoms with Crippen molar-refractivity contribution >= 4 is 11.8 Å². The van der Waals surface area contributed by atoms with Gasteiger partial charge in [0.25, 0.3) is 0 Å². The molecule has 1 aromatic carbocycles. The van der Waals surface area contributed by atoms with Crippen molar-refractivity contribution in [3.05, 3.63) is 29.8 Å². The number of nitrogens with one attached hydrogen (secondary N) is 2. The summed E-state index contributed by atoms with van der Waals surface area (Å²) in [6.45, 7) is 2.64. The van der Waals surface area contributed by atoms with Gasteiger partial charge in [0.2, 0.25) is 0 Å². The molecule has 1 aromatic rings. The van der Waals surface area contributed by atoms with Gasteiger partial charge in [-0.25, -0.2) is 4.79 Å². The van der Waals surface area contributed by atoms with E-state index in [1.807, 2.05) is 7.05 Å². The molecule has 2 rings (SSSR count). The van der Waals surface area contributed by atoms with Crippen LogP contribution in [0.25, 0.3) is 0 Å². The lowest BCUT2D eigenvalue weighted by molar-refractivity contribution is 0.187. The number of para-hydroxylation sites is 1. The van der Waals surface area contributed by atoms with Crippen LogP contribution in [0.4, 0.5) is 10.5 Å². The predicted octanol–water partition coefficient (Wildman–Crippen LogP) is 1.64. The Labute approximate surface area is 113 Å². The van der Waals surface area contributed by atoms with Crippen molar-refractivity contribution in [1.82, 2.24) is 10.6 Å². The van der Waals surface area contributed by atoms with Crippen LogP contribution in [0.1, 0.15) is 18.4 Å². The van der Waals surface area contributed by atoms with Gasteiger partial charge in [-0.05, 0) is 31.5 Å². The number of hydrogen-bond acceptors (Lipinski definition) is 3. The van der Waals surface area contributed by atoms with Crippen molar-refractivity contribution in [3.63, 3.8) is 0 Å². The summed E-state index contributed by atoms with van der Waals surface area (Å²) in [5.74, 6) is 0. The summed E-state index contributed by atoms with van der Waals surface area (Å²) in [5.41, 5.74) is 2.54. The SMILES string of the molecule is CNCc1ccccc1N1CCC(NC(=O)O)CC1. The van der Waals surface area contributed by atoms with Crippen LogP contribution in [0.2, 0.25) is 0 Å². The molecule has 0 radical (unpaired) electrons. The Balaban J connectivity index is 1.99. The number of nitrogens with zero attached hydrogens (tertiary/aromatic N) is 1. The van der Waals surface area contributed by atoms with Crippen molar-refractivity contribution in [3.8, 4) is 0 Å². The van der Waals surface area contributed by atoms with Gasteiger partial charge in [0, 0.05) is 31.4 Å². The molecule has 5 heteroatoms. The summed E-state index contributed by atoms with van der Waals surface area (Å²) < 4.78 is 0. The Morgan fingerprint density at radius 1 is 1.37 bits per heavy atom. The summed E-state index contributed by atoms with van der Waals surface area (Å²) in [7, 11) is 1.94. The van der Waals surface area contributed by atoms with Crippen LogP contribution in [0.5, 0.6) is 0 Å². The largest absolute Gasteiger partial charge is 0.465 e. The second-order valence-electron chi connectivity index (χ2n) is 4.87. The first-order valence-electron chi connectivity index (χ1n) is 6.67. The van der Waals surface area contributed by atoms with Gasteiger partial charge in [-0.1, -0.05) is 18.2 Å². The number of anilines is 1. The maximum atomic E-state index is 10.6. The van der Waals surface area contributed by atoms with Crippen LogP contribution in [0, 0.1) is 0 Å². The minimum atomic E-state index is -0.922. The van der Waals surface area contributed by atoms with Gasteiger partial charge in [0.05, 0.1) is 0 Å². The lowest BCUT2D eigenvalue weighted by Gasteiger charge is -2.34. The number of carbonyl (C=O) groups is 1. The Bertz CT molecular complexity index is 428. The second kappa shape index (κ2) is 6.43.